The zero-order chi connectivity index (χ0) is 21.3. The lowest BCUT2D eigenvalue weighted by molar-refractivity contribution is 0.294. The molecule has 2 aromatic rings. The molecule has 0 spiro atoms. The lowest BCUT2D eigenvalue weighted by Crippen LogP contribution is -2.36. The van der Waals surface area contributed by atoms with Crippen LogP contribution in [0.25, 0.3) is 0 Å². The van der Waals surface area contributed by atoms with Crippen molar-refractivity contribution in [2.24, 2.45) is 4.99 Å². The average molecular weight is 546 g/mol. The van der Waals surface area contributed by atoms with Gasteiger partial charge in [0.15, 0.2) is 15.8 Å². The first kappa shape index (κ1) is 26.2. The molecule has 1 aromatic heterocycles. The van der Waals surface area contributed by atoms with Crippen molar-refractivity contribution in [1.29, 1.82) is 0 Å². The molecule has 1 heterocycles. The molecule has 0 aliphatic carbocycles. The molecule has 0 saturated heterocycles. The molecule has 0 unspecified atom stereocenters. The van der Waals surface area contributed by atoms with Gasteiger partial charge in [0, 0.05) is 38.2 Å². The number of ether oxygens (including phenoxy) is 1. The molecule has 2 N–H and O–H groups in total. The van der Waals surface area contributed by atoms with E-state index in [-0.39, 0.29) is 24.0 Å². The van der Waals surface area contributed by atoms with E-state index in [1.807, 2.05) is 24.3 Å². The van der Waals surface area contributed by atoms with Gasteiger partial charge in [-0.15, -0.1) is 24.0 Å². The minimum Gasteiger partial charge on any atom is -0.477 e. The number of hydrogen-bond donors (Lipinski definition) is 2. The van der Waals surface area contributed by atoms with Crippen LogP contribution < -0.4 is 15.4 Å². The third-order valence-corrected chi connectivity index (χ3v) is 5.61. The van der Waals surface area contributed by atoms with Crippen molar-refractivity contribution in [2.45, 2.75) is 44.7 Å². The number of nitrogens with one attached hydrogen (secondary N) is 2. The van der Waals surface area contributed by atoms with Crippen molar-refractivity contribution in [1.82, 2.24) is 15.6 Å². The highest BCUT2D eigenvalue weighted by Gasteiger charge is 2.11. The number of unbranched alkanes of at least 4 members (excludes halogenated alkanes) is 1. The zero-order valence-electron chi connectivity index (χ0n) is 17.9. The van der Waals surface area contributed by atoms with Gasteiger partial charge in [-0.1, -0.05) is 31.5 Å². The van der Waals surface area contributed by atoms with Gasteiger partial charge in [-0.05, 0) is 36.6 Å². The predicted octanol–water partition coefficient (Wildman–Crippen LogP) is 3.46. The zero-order valence-corrected chi connectivity index (χ0v) is 21.1. The molecule has 0 radical (unpaired) electrons. The summed E-state index contributed by atoms with van der Waals surface area (Å²) in [6, 6.07) is 9.18. The Bertz CT molecular complexity index is 949. The van der Waals surface area contributed by atoms with E-state index in [4.69, 9.17) is 4.74 Å². The second kappa shape index (κ2) is 12.7. The molecular formula is C21H31IN4O3S. The SMILES string of the molecule is CCCCOc1ncccc1CNC(=NC)NCc1ccc(S(C)(=O)=O)c(C)c1.I. The molecule has 0 amide bonds. The Hall–Kier alpha value is -1.88. The standard InChI is InChI=1S/C21H30N4O3S.HI/c1-5-6-12-28-20-18(8-7-11-23-20)15-25-21(22-3)24-14-17-9-10-19(16(2)13-17)29(4,26)27;/h7-11,13H,5-6,12,14-15H2,1-4H3,(H2,22,24,25);1H. The van der Waals surface area contributed by atoms with Crippen molar-refractivity contribution in [3.8, 4) is 5.88 Å². The third kappa shape index (κ3) is 8.10. The third-order valence-electron chi connectivity index (χ3n) is 4.36. The highest BCUT2D eigenvalue weighted by atomic mass is 127. The number of halogens is 1. The molecule has 0 atom stereocenters. The van der Waals surface area contributed by atoms with Crippen LogP contribution in [0.1, 0.15) is 36.5 Å². The quantitative estimate of drug-likeness (QED) is 0.217. The summed E-state index contributed by atoms with van der Waals surface area (Å²) in [7, 11) is -1.51. The number of guanidine groups is 1. The van der Waals surface area contributed by atoms with Crippen molar-refractivity contribution in [3.05, 3.63) is 53.2 Å². The van der Waals surface area contributed by atoms with Crippen LogP contribution in [0.2, 0.25) is 0 Å². The average Bonchev–Trinajstić information content (AvgIpc) is 2.68. The topological polar surface area (TPSA) is 92.7 Å². The number of aliphatic imine (C=N–C) groups is 1. The van der Waals surface area contributed by atoms with Crippen LogP contribution in [0.15, 0.2) is 46.4 Å². The minimum absolute atomic E-state index is 0. The summed E-state index contributed by atoms with van der Waals surface area (Å²) < 4.78 is 29.3. The lowest BCUT2D eigenvalue weighted by Gasteiger charge is -2.14. The molecule has 2 rings (SSSR count). The molecule has 0 aliphatic heterocycles. The van der Waals surface area contributed by atoms with Gasteiger partial charge in [0.05, 0.1) is 11.5 Å². The van der Waals surface area contributed by atoms with Crippen LogP contribution in [0.5, 0.6) is 5.88 Å². The second-order valence-corrected chi connectivity index (χ2v) is 8.81. The summed E-state index contributed by atoms with van der Waals surface area (Å²) in [5.74, 6) is 1.27. The monoisotopic (exact) mass is 546 g/mol. The van der Waals surface area contributed by atoms with Crippen LogP contribution in [0, 0.1) is 6.92 Å². The van der Waals surface area contributed by atoms with Crippen LogP contribution in [0.4, 0.5) is 0 Å². The van der Waals surface area contributed by atoms with Crippen molar-refractivity contribution < 1.29 is 13.2 Å². The number of nitrogens with zero attached hydrogens (tertiary/aromatic N) is 2. The summed E-state index contributed by atoms with van der Waals surface area (Å²) in [4.78, 5) is 8.91. The molecule has 0 saturated carbocycles. The van der Waals surface area contributed by atoms with Gasteiger partial charge < -0.3 is 15.4 Å². The fraction of sp³-hybridized carbons (Fsp3) is 0.429. The summed E-state index contributed by atoms with van der Waals surface area (Å²) in [5.41, 5.74) is 2.67. The van der Waals surface area contributed by atoms with E-state index < -0.39 is 9.84 Å². The number of benzene rings is 1. The maximum atomic E-state index is 11.7. The Morgan fingerprint density at radius 1 is 1.20 bits per heavy atom. The summed E-state index contributed by atoms with van der Waals surface area (Å²) in [6.07, 6.45) is 5.00. The number of pyridine rings is 1. The molecule has 7 nitrogen and oxygen atoms in total. The number of aryl methyl sites for hydroxylation is 1. The van der Waals surface area contributed by atoms with Crippen molar-refractivity contribution >= 4 is 39.8 Å². The minimum atomic E-state index is -3.21. The van der Waals surface area contributed by atoms with Gasteiger partial charge in [0.25, 0.3) is 0 Å². The Balaban J connectivity index is 0.00000450. The van der Waals surface area contributed by atoms with E-state index in [2.05, 4.69) is 27.5 Å². The van der Waals surface area contributed by atoms with Gasteiger partial charge in [0.2, 0.25) is 5.88 Å². The molecule has 9 heteroatoms. The molecule has 0 fully saturated rings. The van der Waals surface area contributed by atoms with E-state index in [9.17, 15) is 8.42 Å². The van der Waals surface area contributed by atoms with Crippen molar-refractivity contribution in [3.63, 3.8) is 0 Å². The summed E-state index contributed by atoms with van der Waals surface area (Å²) in [5, 5.41) is 6.50. The van der Waals surface area contributed by atoms with E-state index in [1.165, 1.54) is 6.26 Å². The number of aromatic nitrogens is 1. The highest BCUT2D eigenvalue weighted by Crippen LogP contribution is 2.17. The van der Waals surface area contributed by atoms with Gasteiger partial charge in [-0.3, -0.25) is 4.99 Å². The first-order chi connectivity index (χ1) is 13.8. The fourth-order valence-corrected chi connectivity index (χ4v) is 3.78. The Morgan fingerprint density at radius 2 is 1.93 bits per heavy atom. The number of rotatable bonds is 9. The normalized spacial score (nSPS) is 11.5. The molecule has 0 bridgehead atoms. The first-order valence-electron chi connectivity index (χ1n) is 9.66. The van der Waals surface area contributed by atoms with E-state index in [0.717, 1.165) is 29.5 Å². The molecule has 0 aliphatic rings. The van der Waals surface area contributed by atoms with Crippen LogP contribution >= 0.6 is 24.0 Å². The number of sulfone groups is 1. The molecule has 166 valence electrons. The van der Waals surface area contributed by atoms with Crippen LogP contribution in [0.3, 0.4) is 0 Å². The fourth-order valence-electron chi connectivity index (χ4n) is 2.82. The van der Waals surface area contributed by atoms with Gasteiger partial charge in [0.1, 0.15) is 0 Å². The van der Waals surface area contributed by atoms with Crippen LogP contribution in [-0.4, -0.2) is 39.3 Å². The number of hydrogen-bond acceptors (Lipinski definition) is 5. The Morgan fingerprint density at radius 3 is 2.57 bits per heavy atom. The van der Waals surface area contributed by atoms with Crippen LogP contribution in [-0.2, 0) is 22.9 Å². The van der Waals surface area contributed by atoms with E-state index in [1.54, 1.807) is 26.2 Å². The van der Waals surface area contributed by atoms with Gasteiger partial charge in [-0.2, -0.15) is 0 Å². The second-order valence-electron chi connectivity index (χ2n) is 6.82. The first-order valence-corrected chi connectivity index (χ1v) is 11.5. The predicted molar refractivity (Wildman–Crippen MR) is 131 cm³/mol. The molecule has 30 heavy (non-hydrogen) atoms. The maximum absolute atomic E-state index is 11.7. The van der Waals surface area contributed by atoms with Crippen molar-refractivity contribution in [2.75, 3.05) is 19.9 Å². The Labute approximate surface area is 196 Å². The molecular weight excluding hydrogens is 515 g/mol. The lowest BCUT2D eigenvalue weighted by atomic mass is 10.1. The van der Waals surface area contributed by atoms with E-state index >= 15 is 0 Å². The van der Waals surface area contributed by atoms with Gasteiger partial charge >= 0.3 is 0 Å². The summed E-state index contributed by atoms with van der Waals surface area (Å²) in [6.45, 7) is 5.63. The maximum Gasteiger partial charge on any atom is 0.218 e. The van der Waals surface area contributed by atoms with E-state index in [0.29, 0.717) is 36.4 Å². The molecule has 1 aromatic carbocycles. The largest absolute Gasteiger partial charge is 0.477 e. The smallest absolute Gasteiger partial charge is 0.218 e. The highest BCUT2D eigenvalue weighted by molar-refractivity contribution is 14.0. The summed E-state index contributed by atoms with van der Waals surface area (Å²) >= 11 is 0. The van der Waals surface area contributed by atoms with Gasteiger partial charge in [-0.25, -0.2) is 13.4 Å². The Kier molecular flexibility index (Phi) is 11.1.